The van der Waals surface area contributed by atoms with Crippen LogP contribution in [0.5, 0.6) is 0 Å². The molecule has 1 aliphatic carbocycles. The third kappa shape index (κ3) is 1.13. The molecule has 0 radical (unpaired) electrons. The molecule has 1 saturated carbocycles. The Morgan fingerprint density at radius 3 is 2.73 bits per heavy atom. The van der Waals surface area contributed by atoms with Gasteiger partial charge in [-0.25, -0.2) is 0 Å². The summed E-state index contributed by atoms with van der Waals surface area (Å²) >= 11 is 0. The quantitative estimate of drug-likeness (QED) is 0.766. The summed E-state index contributed by atoms with van der Waals surface area (Å²) in [6, 6.07) is 8.30. The van der Waals surface area contributed by atoms with Crippen LogP contribution in [0.1, 0.15) is 25.0 Å². The van der Waals surface area contributed by atoms with E-state index in [9.17, 15) is 0 Å². The Labute approximate surface area is 88.9 Å². The Morgan fingerprint density at radius 2 is 2.07 bits per heavy atom. The van der Waals surface area contributed by atoms with Crippen LogP contribution in [0.3, 0.4) is 0 Å². The van der Waals surface area contributed by atoms with Crippen molar-refractivity contribution in [1.29, 1.82) is 0 Å². The van der Waals surface area contributed by atoms with Crippen LogP contribution in [-0.2, 0) is 12.6 Å². The first kappa shape index (κ1) is 8.92. The average Bonchev–Trinajstić information content (AvgIpc) is 2.54. The van der Waals surface area contributed by atoms with Crippen molar-refractivity contribution in [2.45, 2.75) is 24.8 Å². The number of rotatable bonds is 1. The summed E-state index contributed by atoms with van der Waals surface area (Å²) < 4.78 is 1.93. The lowest BCUT2D eigenvalue weighted by molar-refractivity contribution is 0.246. The largest absolute Gasteiger partial charge is 0.320 e. The second-order valence-corrected chi connectivity index (χ2v) is 4.50. The molecule has 3 rings (SSSR count). The fourth-order valence-corrected chi connectivity index (χ4v) is 2.38. The number of para-hydroxylation sites is 1. The molecule has 15 heavy (non-hydrogen) atoms. The lowest BCUT2D eigenvalue weighted by Crippen LogP contribution is -2.43. The molecule has 0 unspecified atom stereocenters. The van der Waals surface area contributed by atoms with Gasteiger partial charge in [0.1, 0.15) is 0 Å². The van der Waals surface area contributed by atoms with Gasteiger partial charge in [0.25, 0.3) is 0 Å². The number of aromatic nitrogens is 2. The lowest BCUT2D eigenvalue weighted by atomic mass is 9.74. The topological polar surface area (TPSA) is 43.8 Å². The van der Waals surface area contributed by atoms with E-state index in [1.54, 1.807) is 0 Å². The highest BCUT2D eigenvalue weighted by molar-refractivity contribution is 5.83. The predicted molar refractivity (Wildman–Crippen MR) is 60.4 cm³/mol. The molecular weight excluding hydrogens is 186 g/mol. The highest BCUT2D eigenvalue weighted by atomic mass is 15.3. The molecule has 2 aromatic rings. The molecule has 1 aliphatic rings. The summed E-state index contributed by atoms with van der Waals surface area (Å²) in [5, 5.41) is 5.79. The van der Waals surface area contributed by atoms with Crippen LogP contribution in [-0.4, -0.2) is 9.78 Å². The van der Waals surface area contributed by atoms with Crippen molar-refractivity contribution >= 4 is 10.9 Å². The number of benzene rings is 1. The second kappa shape index (κ2) is 2.83. The van der Waals surface area contributed by atoms with Gasteiger partial charge in [0.2, 0.25) is 0 Å². The normalized spacial score (nSPS) is 19.1. The lowest BCUT2D eigenvalue weighted by Gasteiger charge is -2.36. The molecule has 0 spiro atoms. The second-order valence-electron chi connectivity index (χ2n) is 4.50. The van der Waals surface area contributed by atoms with Crippen LogP contribution in [0.15, 0.2) is 24.3 Å². The van der Waals surface area contributed by atoms with Crippen molar-refractivity contribution in [3.05, 3.63) is 30.0 Å². The Hall–Kier alpha value is -1.35. The van der Waals surface area contributed by atoms with Gasteiger partial charge < -0.3 is 5.73 Å². The third-order valence-electron chi connectivity index (χ3n) is 3.48. The van der Waals surface area contributed by atoms with Crippen LogP contribution in [0.25, 0.3) is 10.9 Å². The highest BCUT2D eigenvalue weighted by Gasteiger charge is 2.38. The molecule has 0 atom stereocenters. The Bertz CT molecular complexity index is 509. The van der Waals surface area contributed by atoms with E-state index in [2.05, 4.69) is 23.3 Å². The van der Waals surface area contributed by atoms with E-state index in [0.717, 1.165) is 18.5 Å². The van der Waals surface area contributed by atoms with Crippen LogP contribution >= 0.6 is 0 Å². The first-order valence-corrected chi connectivity index (χ1v) is 5.42. The Kier molecular flexibility index (Phi) is 1.68. The van der Waals surface area contributed by atoms with Crippen LogP contribution < -0.4 is 5.73 Å². The monoisotopic (exact) mass is 201 g/mol. The average molecular weight is 201 g/mol. The van der Waals surface area contributed by atoms with Gasteiger partial charge in [0.15, 0.2) is 0 Å². The van der Waals surface area contributed by atoms with Gasteiger partial charge in [-0.1, -0.05) is 18.2 Å². The van der Waals surface area contributed by atoms with Crippen LogP contribution in [0.4, 0.5) is 0 Å². The minimum Gasteiger partial charge on any atom is -0.320 e. The molecule has 0 amide bonds. The number of fused-ring (bicyclic) bond motifs is 1. The molecule has 3 nitrogen and oxygen atoms in total. The van der Waals surface area contributed by atoms with E-state index < -0.39 is 0 Å². The number of aryl methyl sites for hydroxylation is 1. The predicted octanol–water partition coefficient (Wildman–Crippen LogP) is 1.91. The summed E-state index contributed by atoms with van der Waals surface area (Å²) in [4.78, 5) is 0. The maximum atomic E-state index is 6.33. The van der Waals surface area contributed by atoms with Gasteiger partial charge in [-0.2, -0.15) is 5.10 Å². The van der Waals surface area contributed by atoms with E-state index in [1.165, 1.54) is 17.3 Å². The van der Waals surface area contributed by atoms with Crippen molar-refractivity contribution < 1.29 is 0 Å². The SMILES string of the molecule is Cn1nc(C2(N)CCC2)c2ccccc21. The molecule has 0 aliphatic heterocycles. The molecular formula is C12H15N3. The maximum absolute atomic E-state index is 6.33. The highest BCUT2D eigenvalue weighted by Crippen LogP contribution is 2.40. The fraction of sp³-hybridized carbons (Fsp3) is 0.417. The van der Waals surface area contributed by atoms with E-state index in [4.69, 9.17) is 5.73 Å². The number of hydrogen-bond donors (Lipinski definition) is 1. The number of nitrogens with two attached hydrogens (primary N) is 1. The van der Waals surface area contributed by atoms with E-state index in [-0.39, 0.29) is 5.54 Å². The number of nitrogens with zero attached hydrogens (tertiary/aromatic N) is 2. The molecule has 1 aromatic heterocycles. The van der Waals surface area contributed by atoms with Crippen molar-refractivity contribution in [2.75, 3.05) is 0 Å². The summed E-state index contributed by atoms with van der Waals surface area (Å²) in [5.41, 5.74) is 8.41. The first-order chi connectivity index (χ1) is 7.21. The van der Waals surface area contributed by atoms with Gasteiger partial charge >= 0.3 is 0 Å². The van der Waals surface area contributed by atoms with E-state index in [0.29, 0.717) is 0 Å². The van der Waals surface area contributed by atoms with E-state index in [1.807, 2.05) is 17.8 Å². The maximum Gasteiger partial charge on any atom is 0.0901 e. The van der Waals surface area contributed by atoms with Gasteiger partial charge in [-0.15, -0.1) is 0 Å². The Balaban J connectivity index is 2.27. The molecule has 2 N–H and O–H groups in total. The van der Waals surface area contributed by atoms with Gasteiger partial charge in [0, 0.05) is 12.4 Å². The zero-order valence-corrected chi connectivity index (χ0v) is 8.90. The van der Waals surface area contributed by atoms with E-state index >= 15 is 0 Å². The van der Waals surface area contributed by atoms with Crippen molar-refractivity contribution in [3.63, 3.8) is 0 Å². The standard InChI is InChI=1S/C12H15N3/c1-15-10-6-3-2-5-9(10)11(14-15)12(13)7-4-8-12/h2-3,5-6H,4,7-8,13H2,1H3. The molecule has 1 fully saturated rings. The fourth-order valence-electron chi connectivity index (χ4n) is 2.38. The zero-order valence-electron chi connectivity index (χ0n) is 8.90. The summed E-state index contributed by atoms with van der Waals surface area (Å²) in [7, 11) is 1.98. The number of hydrogen-bond acceptors (Lipinski definition) is 2. The molecule has 3 heteroatoms. The van der Waals surface area contributed by atoms with Crippen LogP contribution in [0, 0.1) is 0 Å². The summed E-state index contributed by atoms with van der Waals surface area (Å²) in [5.74, 6) is 0. The van der Waals surface area contributed by atoms with Gasteiger partial charge in [-0.05, 0) is 25.3 Å². The smallest absolute Gasteiger partial charge is 0.0901 e. The van der Waals surface area contributed by atoms with Crippen LogP contribution in [0.2, 0.25) is 0 Å². The summed E-state index contributed by atoms with van der Waals surface area (Å²) in [6.07, 6.45) is 3.35. The van der Waals surface area contributed by atoms with Crippen molar-refractivity contribution in [3.8, 4) is 0 Å². The Morgan fingerprint density at radius 1 is 1.33 bits per heavy atom. The molecule has 1 heterocycles. The molecule has 78 valence electrons. The van der Waals surface area contributed by atoms with Gasteiger partial charge in [0.05, 0.1) is 16.7 Å². The minimum atomic E-state index is -0.166. The third-order valence-corrected chi connectivity index (χ3v) is 3.48. The van der Waals surface area contributed by atoms with Gasteiger partial charge in [-0.3, -0.25) is 4.68 Å². The minimum absolute atomic E-state index is 0.166. The molecule has 0 bridgehead atoms. The summed E-state index contributed by atoms with van der Waals surface area (Å²) in [6.45, 7) is 0. The molecule has 0 saturated heterocycles. The van der Waals surface area contributed by atoms with Crippen molar-refractivity contribution in [2.24, 2.45) is 12.8 Å². The zero-order chi connectivity index (χ0) is 10.5. The van der Waals surface area contributed by atoms with Crippen molar-refractivity contribution in [1.82, 2.24) is 9.78 Å². The first-order valence-electron chi connectivity index (χ1n) is 5.42. The molecule has 1 aromatic carbocycles.